The van der Waals surface area contributed by atoms with Gasteiger partial charge in [-0.15, -0.1) is 16.8 Å². The molecule has 5 heteroatoms. The highest BCUT2D eigenvalue weighted by atomic mass is 32.2. The molecule has 0 bridgehead atoms. The second-order valence-corrected chi connectivity index (χ2v) is 5.66. The minimum absolute atomic E-state index is 0.646. The molecule has 1 saturated carbocycles. The van der Waals surface area contributed by atoms with Gasteiger partial charge in [0, 0.05) is 24.9 Å². The second-order valence-electron chi connectivity index (χ2n) is 4.68. The van der Waals surface area contributed by atoms with E-state index in [1.165, 1.54) is 25.7 Å². The van der Waals surface area contributed by atoms with Gasteiger partial charge in [-0.25, -0.2) is 0 Å². The van der Waals surface area contributed by atoms with E-state index in [9.17, 15) is 0 Å². The molecule has 17 heavy (non-hydrogen) atoms. The molecule has 3 rings (SSSR count). The lowest BCUT2D eigenvalue weighted by molar-refractivity contribution is 0.652. The zero-order chi connectivity index (χ0) is 11.7. The Balaban J connectivity index is 1.86. The van der Waals surface area contributed by atoms with Crippen molar-refractivity contribution in [2.45, 2.75) is 36.9 Å². The van der Waals surface area contributed by atoms with E-state index in [1.807, 2.05) is 6.08 Å². The van der Waals surface area contributed by atoms with Crippen LogP contribution < -0.4 is 4.90 Å². The van der Waals surface area contributed by atoms with Crippen LogP contribution in [0.4, 0.5) is 5.95 Å². The highest BCUT2D eigenvalue weighted by Crippen LogP contribution is 2.41. The Kier molecular flexibility index (Phi) is 3.09. The Bertz CT molecular complexity index is 405. The third kappa shape index (κ3) is 2.20. The molecule has 2 fully saturated rings. The van der Waals surface area contributed by atoms with Gasteiger partial charge in [-0.3, -0.25) is 4.57 Å². The summed E-state index contributed by atoms with van der Waals surface area (Å²) in [7, 11) is 0. The fraction of sp³-hybridized carbons (Fsp3) is 0.667. The van der Waals surface area contributed by atoms with Gasteiger partial charge in [0.25, 0.3) is 0 Å². The Morgan fingerprint density at radius 1 is 1.29 bits per heavy atom. The smallest absolute Gasteiger partial charge is 0.228 e. The van der Waals surface area contributed by atoms with E-state index >= 15 is 0 Å². The number of rotatable bonds is 5. The summed E-state index contributed by atoms with van der Waals surface area (Å²) < 4.78 is 2.35. The van der Waals surface area contributed by atoms with Crippen molar-refractivity contribution >= 4 is 17.7 Å². The molecule has 4 nitrogen and oxygen atoms in total. The third-order valence-corrected chi connectivity index (χ3v) is 4.22. The van der Waals surface area contributed by atoms with Crippen LogP contribution in [0.1, 0.15) is 31.7 Å². The summed E-state index contributed by atoms with van der Waals surface area (Å²) in [6.45, 7) is 6.03. The van der Waals surface area contributed by atoms with Crippen molar-refractivity contribution in [2.24, 2.45) is 0 Å². The van der Waals surface area contributed by atoms with Gasteiger partial charge in [-0.1, -0.05) is 17.8 Å². The van der Waals surface area contributed by atoms with Crippen LogP contribution in [0.2, 0.25) is 0 Å². The summed E-state index contributed by atoms with van der Waals surface area (Å²) in [6.07, 6.45) is 7.05. The molecule has 1 saturated heterocycles. The monoisotopic (exact) mass is 250 g/mol. The SMILES string of the molecule is C=CCSc1nnc(N2CCCC2)n1C1CC1. The van der Waals surface area contributed by atoms with Gasteiger partial charge in [0.1, 0.15) is 0 Å². The first kappa shape index (κ1) is 11.1. The topological polar surface area (TPSA) is 34.0 Å². The van der Waals surface area contributed by atoms with Crippen LogP contribution in [0.25, 0.3) is 0 Å². The molecule has 2 aliphatic rings. The molecule has 1 aliphatic heterocycles. The summed E-state index contributed by atoms with van der Waals surface area (Å²) in [5, 5.41) is 9.81. The Hall–Kier alpha value is -0.970. The number of nitrogens with zero attached hydrogens (tertiary/aromatic N) is 4. The van der Waals surface area contributed by atoms with Gasteiger partial charge < -0.3 is 4.90 Å². The normalized spacial score (nSPS) is 19.9. The standard InChI is InChI=1S/C12H18N4S/c1-2-9-17-12-14-13-11(15-7-3-4-8-15)16(12)10-5-6-10/h2,10H,1,3-9H2. The fourth-order valence-electron chi connectivity index (χ4n) is 2.29. The lowest BCUT2D eigenvalue weighted by Gasteiger charge is -2.17. The largest absolute Gasteiger partial charge is 0.341 e. The van der Waals surface area contributed by atoms with Gasteiger partial charge >= 0.3 is 0 Å². The molecule has 0 atom stereocenters. The maximum absolute atomic E-state index is 4.40. The predicted octanol–water partition coefficient (Wildman–Crippen LogP) is 2.49. The van der Waals surface area contributed by atoms with E-state index in [0.29, 0.717) is 6.04 Å². The highest BCUT2D eigenvalue weighted by Gasteiger charge is 2.32. The fourth-order valence-corrected chi connectivity index (χ4v) is 3.02. The molecule has 92 valence electrons. The van der Waals surface area contributed by atoms with E-state index in [1.54, 1.807) is 11.8 Å². The van der Waals surface area contributed by atoms with Crippen molar-refractivity contribution < 1.29 is 0 Å². The minimum Gasteiger partial charge on any atom is -0.341 e. The van der Waals surface area contributed by atoms with Crippen LogP contribution in [0.3, 0.4) is 0 Å². The van der Waals surface area contributed by atoms with Crippen molar-refractivity contribution in [1.29, 1.82) is 0 Å². The van der Waals surface area contributed by atoms with Crippen LogP contribution in [0, 0.1) is 0 Å². The van der Waals surface area contributed by atoms with Crippen LogP contribution in [-0.2, 0) is 0 Å². The summed E-state index contributed by atoms with van der Waals surface area (Å²) in [4.78, 5) is 2.38. The first-order valence-electron chi connectivity index (χ1n) is 6.33. The Morgan fingerprint density at radius 3 is 2.71 bits per heavy atom. The first-order chi connectivity index (χ1) is 8.40. The van der Waals surface area contributed by atoms with Gasteiger partial charge in [0.05, 0.1) is 0 Å². The zero-order valence-corrected chi connectivity index (χ0v) is 10.8. The highest BCUT2D eigenvalue weighted by molar-refractivity contribution is 7.99. The molecular weight excluding hydrogens is 232 g/mol. The summed E-state index contributed by atoms with van der Waals surface area (Å²) >= 11 is 1.74. The average Bonchev–Trinajstić information content (AvgIpc) is 2.90. The zero-order valence-electron chi connectivity index (χ0n) is 10.0. The van der Waals surface area contributed by atoms with Gasteiger partial charge in [-0.2, -0.15) is 0 Å². The average molecular weight is 250 g/mol. The predicted molar refractivity (Wildman–Crippen MR) is 70.7 cm³/mol. The number of hydrogen-bond donors (Lipinski definition) is 0. The van der Waals surface area contributed by atoms with Gasteiger partial charge in [0.15, 0.2) is 5.16 Å². The summed E-state index contributed by atoms with van der Waals surface area (Å²) in [6, 6.07) is 0.646. The van der Waals surface area contributed by atoms with E-state index < -0.39 is 0 Å². The van der Waals surface area contributed by atoms with Crippen LogP contribution in [0.5, 0.6) is 0 Å². The van der Waals surface area contributed by atoms with Gasteiger partial charge in [0.2, 0.25) is 5.95 Å². The quantitative estimate of drug-likeness (QED) is 0.594. The van der Waals surface area contributed by atoms with Crippen molar-refractivity contribution in [3.05, 3.63) is 12.7 Å². The molecule has 0 unspecified atom stereocenters. The molecule has 1 aromatic rings. The number of thioether (sulfide) groups is 1. The molecule has 0 spiro atoms. The Labute approximate surface area is 106 Å². The molecule has 0 amide bonds. The van der Waals surface area contributed by atoms with E-state index in [4.69, 9.17) is 0 Å². The van der Waals surface area contributed by atoms with E-state index in [0.717, 1.165) is 29.9 Å². The molecule has 1 aromatic heterocycles. The van der Waals surface area contributed by atoms with E-state index in [-0.39, 0.29) is 0 Å². The minimum atomic E-state index is 0.646. The van der Waals surface area contributed by atoms with Crippen LogP contribution in [-0.4, -0.2) is 33.6 Å². The molecule has 1 aliphatic carbocycles. The third-order valence-electron chi connectivity index (χ3n) is 3.28. The molecular formula is C12H18N4S. The van der Waals surface area contributed by atoms with Crippen molar-refractivity contribution in [3.8, 4) is 0 Å². The number of aromatic nitrogens is 3. The lowest BCUT2D eigenvalue weighted by atomic mass is 10.4. The lowest BCUT2D eigenvalue weighted by Crippen LogP contribution is -2.22. The maximum atomic E-state index is 4.40. The molecule has 0 radical (unpaired) electrons. The first-order valence-corrected chi connectivity index (χ1v) is 7.32. The maximum Gasteiger partial charge on any atom is 0.228 e. The van der Waals surface area contributed by atoms with Crippen molar-refractivity contribution in [1.82, 2.24) is 14.8 Å². The molecule has 0 N–H and O–H groups in total. The summed E-state index contributed by atoms with van der Waals surface area (Å²) in [5.41, 5.74) is 0. The van der Waals surface area contributed by atoms with Crippen molar-refractivity contribution in [3.63, 3.8) is 0 Å². The van der Waals surface area contributed by atoms with Gasteiger partial charge in [-0.05, 0) is 25.7 Å². The molecule has 2 heterocycles. The van der Waals surface area contributed by atoms with E-state index in [2.05, 4.69) is 26.2 Å². The number of hydrogen-bond acceptors (Lipinski definition) is 4. The van der Waals surface area contributed by atoms with Crippen LogP contribution in [0.15, 0.2) is 17.8 Å². The number of anilines is 1. The van der Waals surface area contributed by atoms with Crippen LogP contribution >= 0.6 is 11.8 Å². The molecule has 0 aromatic carbocycles. The summed E-state index contributed by atoms with van der Waals surface area (Å²) in [5.74, 6) is 2.00. The second kappa shape index (κ2) is 4.72. The Morgan fingerprint density at radius 2 is 2.06 bits per heavy atom. The van der Waals surface area contributed by atoms with Crippen molar-refractivity contribution in [2.75, 3.05) is 23.7 Å².